The molecule has 6 heteroatoms. The van der Waals surface area contributed by atoms with Gasteiger partial charge < -0.3 is 4.79 Å². The van der Waals surface area contributed by atoms with Gasteiger partial charge >= 0.3 is 0 Å². The van der Waals surface area contributed by atoms with Crippen molar-refractivity contribution < 1.29 is 4.79 Å². The van der Waals surface area contributed by atoms with Gasteiger partial charge in [-0.25, -0.2) is 0 Å². The minimum atomic E-state index is -0.333. The Hall–Kier alpha value is -2.04. The Morgan fingerprint density at radius 1 is 1.13 bits per heavy atom. The lowest BCUT2D eigenvalue weighted by Gasteiger charge is -2.21. The van der Waals surface area contributed by atoms with Gasteiger partial charge in [-0.15, -0.1) is 0 Å². The molecule has 1 atom stereocenters. The van der Waals surface area contributed by atoms with Crippen molar-refractivity contribution in [2.24, 2.45) is 7.05 Å². The van der Waals surface area contributed by atoms with Crippen LogP contribution in [0.1, 0.15) is 18.0 Å². The molecule has 3 rings (SSSR count). The summed E-state index contributed by atoms with van der Waals surface area (Å²) >= 11 is 12.1. The quantitative estimate of drug-likeness (QED) is 0.672. The minimum absolute atomic E-state index is 0.100. The minimum Gasteiger partial charge on any atom is -0.303 e. The maximum atomic E-state index is 12.4. The highest BCUT2D eigenvalue weighted by Crippen LogP contribution is 2.30. The van der Waals surface area contributed by atoms with E-state index in [2.05, 4.69) is 0 Å². The molecule has 1 unspecified atom stereocenters. The van der Waals surface area contributed by atoms with Crippen LogP contribution >= 0.6 is 23.2 Å². The number of hydrogen-bond acceptors (Lipinski definition) is 2. The molecule has 4 nitrogen and oxygen atoms in total. The highest BCUT2D eigenvalue weighted by molar-refractivity contribution is 6.42. The molecule has 3 aromatic rings. The Bertz CT molecular complexity index is 943. The molecule has 23 heavy (non-hydrogen) atoms. The molecule has 0 aliphatic carbocycles. The summed E-state index contributed by atoms with van der Waals surface area (Å²) in [6, 6.07) is 12.2. The second-order valence-electron chi connectivity index (χ2n) is 5.28. The van der Waals surface area contributed by atoms with E-state index in [1.165, 1.54) is 4.68 Å². The number of carbonyl (C=O) groups is 1. The topological polar surface area (TPSA) is 44.0 Å². The lowest BCUT2D eigenvalue weighted by Crippen LogP contribution is -2.24. The number of halogens is 2. The molecule has 0 saturated heterocycles. The summed E-state index contributed by atoms with van der Waals surface area (Å²) in [5.41, 5.74) is 1.50. The fourth-order valence-electron chi connectivity index (χ4n) is 2.85. The van der Waals surface area contributed by atoms with Crippen molar-refractivity contribution in [1.29, 1.82) is 0 Å². The maximum absolute atomic E-state index is 12.4. The lowest BCUT2D eigenvalue weighted by molar-refractivity contribution is -0.108. The van der Waals surface area contributed by atoms with Crippen molar-refractivity contribution in [3.8, 4) is 0 Å². The fourth-order valence-corrected chi connectivity index (χ4v) is 3.16. The van der Waals surface area contributed by atoms with Gasteiger partial charge in [-0.05, 0) is 29.8 Å². The fraction of sp³-hybridized carbons (Fsp3) is 0.176. The average molecular weight is 349 g/mol. The Labute approximate surface area is 142 Å². The molecule has 2 aromatic carbocycles. The summed E-state index contributed by atoms with van der Waals surface area (Å²) in [6.07, 6.45) is 1.07. The molecule has 0 saturated carbocycles. The number of para-hydroxylation sites is 1. The van der Waals surface area contributed by atoms with E-state index in [0.717, 1.165) is 17.4 Å². The van der Waals surface area contributed by atoms with E-state index in [-0.39, 0.29) is 18.0 Å². The van der Waals surface area contributed by atoms with Crippen LogP contribution in [0, 0.1) is 0 Å². The Balaban J connectivity index is 2.27. The highest BCUT2D eigenvalue weighted by Gasteiger charge is 2.20. The Morgan fingerprint density at radius 3 is 2.57 bits per heavy atom. The normalized spacial score (nSPS) is 12.5. The number of fused-ring (bicyclic) bond motifs is 1. The van der Waals surface area contributed by atoms with E-state index in [4.69, 9.17) is 23.2 Å². The zero-order valence-corrected chi connectivity index (χ0v) is 13.9. The largest absolute Gasteiger partial charge is 0.303 e. The van der Waals surface area contributed by atoms with E-state index in [1.807, 2.05) is 28.9 Å². The van der Waals surface area contributed by atoms with Gasteiger partial charge in [0.15, 0.2) is 0 Å². The summed E-state index contributed by atoms with van der Waals surface area (Å²) < 4.78 is 3.35. The third-order valence-electron chi connectivity index (χ3n) is 3.94. The Morgan fingerprint density at radius 2 is 1.87 bits per heavy atom. The van der Waals surface area contributed by atoms with Crippen molar-refractivity contribution in [2.75, 3.05) is 0 Å². The highest BCUT2D eigenvalue weighted by atomic mass is 35.5. The molecule has 0 spiro atoms. The predicted molar refractivity (Wildman–Crippen MR) is 92.5 cm³/mol. The number of hydrogen-bond donors (Lipinski definition) is 0. The predicted octanol–water partition coefficient (Wildman–Crippen LogP) is 3.83. The van der Waals surface area contributed by atoms with Crippen LogP contribution in [0.25, 0.3) is 10.9 Å². The van der Waals surface area contributed by atoms with Gasteiger partial charge in [0, 0.05) is 13.5 Å². The monoisotopic (exact) mass is 348 g/mol. The zero-order chi connectivity index (χ0) is 16.6. The van der Waals surface area contributed by atoms with Gasteiger partial charge in [-0.2, -0.15) is 0 Å². The van der Waals surface area contributed by atoms with Crippen LogP contribution in [0.4, 0.5) is 0 Å². The first kappa shape index (κ1) is 15.8. The number of aromatic nitrogens is 2. The zero-order valence-electron chi connectivity index (χ0n) is 12.4. The van der Waals surface area contributed by atoms with Crippen LogP contribution in [0.15, 0.2) is 47.3 Å². The first-order valence-corrected chi connectivity index (χ1v) is 7.85. The van der Waals surface area contributed by atoms with Crippen molar-refractivity contribution in [1.82, 2.24) is 9.36 Å². The van der Waals surface area contributed by atoms with Crippen molar-refractivity contribution in [2.45, 2.75) is 12.5 Å². The van der Waals surface area contributed by atoms with Crippen LogP contribution in [-0.2, 0) is 11.8 Å². The molecule has 0 N–H and O–H groups in total. The third kappa shape index (κ3) is 2.69. The van der Waals surface area contributed by atoms with E-state index in [0.29, 0.717) is 15.4 Å². The molecule has 0 fully saturated rings. The summed E-state index contributed by atoms with van der Waals surface area (Å²) in [7, 11) is 1.69. The lowest BCUT2D eigenvalue weighted by atomic mass is 10.0. The standard InChI is InChI=1S/C17H14Cl2N2O2/c1-20-17(23)12-4-2-3-5-16(12)21(20)15(8-9-22)11-6-7-13(18)14(19)10-11/h2-7,9-10,15H,8H2,1H3. The first-order chi connectivity index (χ1) is 11.0. The van der Waals surface area contributed by atoms with Crippen LogP contribution in [0.2, 0.25) is 10.0 Å². The van der Waals surface area contributed by atoms with Crippen molar-refractivity contribution in [3.63, 3.8) is 0 Å². The van der Waals surface area contributed by atoms with Gasteiger partial charge in [0.2, 0.25) is 0 Å². The number of benzene rings is 2. The van der Waals surface area contributed by atoms with Crippen LogP contribution < -0.4 is 5.56 Å². The Kier molecular flexibility index (Phi) is 4.28. The average Bonchev–Trinajstić information content (AvgIpc) is 2.80. The maximum Gasteiger partial charge on any atom is 0.274 e. The van der Waals surface area contributed by atoms with Crippen LogP contribution in [0.5, 0.6) is 0 Å². The van der Waals surface area contributed by atoms with Crippen molar-refractivity contribution in [3.05, 3.63) is 68.4 Å². The first-order valence-electron chi connectivity index (χ1n) is 7.09. The van der Waals surface area contributed by atoms with Crippen molar-refractivity contribution >= 4 is 40.4 Å². The number of rotatable bonds is 4. The summed E-state index contributed by atoms with van der Waals surface area (Å²) in [5, 5.41) is 1.49. The molecule has 0 bridgehead atoms. The van der Waals surface area contributed by atoms with E-state index in [9.17, 15) is 9.59 Å². The molecule has 1 heterocycles. The summed E-state index contributed by atoms with van der Waals surface area (Å²) in [6.45, 7) is 0. The number of carbonyl (C=O) groups excluding carboxylic acids is 1. The summed E-state index contributed by atoms with van der Waals surface area (Å²) in [4.78, 5) is 23.6. The second-order valence-corrected chi connectivity index (χ2v) is 6.10. The van der Waals surface area contributed by atoms with E-state index in [1.54, 1.807) is 25.2 Å². The molecule has 0 radical (unpaired) electrons. The molecule has 0 aliphatic rings. The molecule has 0 amide bonds. The molecule has 118 valence electrons. The van der Waals surface area contributed by atoms with Gasteiger partial charge in [-0.3, -0.25) is 14.2 Å². The van der Waals surface area contributed by atoms with Gasteiger partial charge in [-0.1, -0.05) is 41.4 Å². The van der Waals surface area contributed by atoms with E-state index < -0.39 is 0 Å². The second kappa shape index (κ2) is 6.22. The third-order valence-corrected chi connectivity index (χ3v) is 4.68. The smallest absolute Gasteiger partial charge is 0.274 e. The van der Waals surface area contributed by atoms with Crippen LogP contribution in [-0.4, -0.2) is 15.6 Å². The SMILES string of the molecule is Cn1c(=O)c2ccccc2n1C(CC=O)c1ccc(Cl)c(Cl)c1. The number of aldehydes is 1. The van der Waals surface area contributed by atoms with Gasteiger partial charge in [0.25, 0.3) is 5.56 Å². The number of nitrogens with zero attached hydrogens (tertiary/aromatic N) is 2. The molecular weight excluding hydrogens is 335 g/mol. The van der Waals surface area contributed by atoms with Crippen LogP contribution in [0.3, 0.4) is 0 Å². The molecule has 0 aliphatic heterocycles. The molecular formula is C17H14Cl2N2O2. The van der Waals surface area contributed by atoms with Gasteiger partial charge in [0.1, 0.15) is 6.29 Å². The van der Waals surface area contributed by atoms with Gasteiger partial charge in [0.05, 0.1) is 27.0 Å². The van der Waals surface area contributed by atoms with E-state index >= 15 is 0 Å². The molecule has 1 aromatic heterocycles. The summed E-state index contributed by atoms with van der Waals surface area (Å²) in [5.74, 6) is 0.